The highest BCUT2D eigenvalue weighted by atomic mass is 16.1. The van der Waals surface area contributed by atoms with Gasteiger partial charge in [0.25, 0.3) is 0 Å². The van der Waals surface area contributed by atoms with Gasteiger partial charge in [-0.15, -0.1) is 0 Å². The van der Waals surface area contributed by atoms with Crippen LogP contribution in [-0.4, -0.2) is 15.3 Å². The van der Waals surface area contributed by atoms with E-state index in [4.69, 9.17) is 0 Å². The summed E-state index contributed by atoms with van der Waals surface area (Å²) < 4.78 is 1.99. The topological polar surface area (TPSA) is 34.9 Å². The Morgan fingerprint density at radius 1 is 1.62 bits per heavy atom. The predicted octanol–water partition coefficient (Wildman–Crippen LogP) is 1.90. The number of Topliss-reactive ketones (excluding diaryl/α,β-unsaturated/α-hetero) is 1. The van der Waals surface area contributed by atoms with E-state index in [1.807, 2.05) is 23.8 Å². The summed E-state index contributed by atoms with van der Waals surface area (Å²) >= 11 is 0. The second-order valence-electron chi connectivity index (χ2n) is 2.95. The molecule has 0 saturated carbocycles. The van der Waals surface area contributed by atoms with Gasteiger partial charge in [0.2, 0.25) is 0 Å². The van der Waals surface area contributed by atoms with Gasteiger partial charge in [0.15, 0.2) is 5.78 Å². The minimum atomic E-state index is 0.0886. The van der Waals surface area contributed by atoms with Crippen molar-refractivity contribution in [1.82, 2.24) is 9.55 Å². The van der Waals surface area contributed by atoms with Crippen LogP contribution in [0.15, 0.2) is 18.0 Å². The molecule has 70 valence electrons. The maximum atomic E-state index is 11.0. The first-order valence-electron chi connectivity index (χ1n) is 4.35. The van der Waals surface area contributed by atoms with Gasteiger partial charge < -0.3 is 4.57 Å². The lowest BCUT2D eigenvalue weighted by Gasteiger charge is -2.00. The normalized spacial score (nSPS) is 11.8. The van der Waals surface area contributed by atoms with Crippen LogP contribution in [0.3, 0.4) is 0 Å². The van der Waals surface area contributed by atoms with E-state index in [-0.39, 0.29) is 5.78 Å². The van der Waals surface area contributed by atoms with Gasteiger partial charge >= 0.3 is 0 Å². The number of aromatic nitrogens is 2. The maximum absolute atomic E-state index is 11.0. The third-order valence-corrected chi connectivity index (χ3v) is 1.99. The molecule has 0 saturated heterocycles. The van der Waals surface area contributed by atoms with E-state index >= 15 is 0 Å². The van der Waals surface area contributed by atoms with Crippen LogP contribution < -0.4 is 0 Å². The van der Waals surface area contributed by atoms with Gasteiger partial charge in [0, 0.05) is 18.9 Å². The Balaban J connectivity index is 2.96. The molecule has 0 amide bonds. The molecule has 0 aromatic carbocycles. The summed E-state index contributed by atoms with van der Waals surface area (Å²) in [4.78, 5) is 15.1. The molecule has 1 heterocycles. The highest BCUT2D eigenvalue weighted by Gasteiger charge is 2.00. The van der Waals surface area contributed by atoms with E-state index in [0.29, 0.717) is 0 Å². The Hall–Kier alpha value is -1.38. The molecule has 13 heavy (non-hydrogen) atoms. The maximum Gasteiger partial charge on any atom is 0.155 e. The number of carbonyl (C=O) groups is 1. The zero-order chi connectivity index (χ0) is 9.84. The van der Waals surface area contributed by atoms with Gasteiger partial charge in [-0.1, -0.05) is 0 Å². The van der Waals surface area contributed by atoms with Crippen molar-refractivity contribution >= 4 is 11.9 Å². The summed E-state index contributed by atoms with van der Waals surface area (Å²) in [6.45, 7) is 6.28. The summed E-state index contributed by atoms with van der Waals surface area (Å²) in [6, 6.07) is 0. The molecule has 0 aliphatic rings. The third kappa shape index (κ3) is 2.28. The van der Waals surface area contributed by atoms with E-state index < -0.39 is 0 Å². The van der Waals surface area contributed by atoms with E-state index in [2.05, 4.69) is 4.98 Å². The number of imidazole rings is 1. The monoisotopic (exact) mass is 178 g/mol. The fourth-order valence-corrected chi connectivity index (χ4v) is 1.02. The average Bonchev–Trinajstić information content (AvgIpc) is 2.51. The summed E-state index contributed by atoms with van der Waals surface area (Å²) in [6.07, 6.45) is 5.45. The van der Waals surface area contributed by atoms with Gasteiger partial charge in [-0.2, -0.15) is 0 Å². The van der Waals surface area contributed by atoms with Gasteiger partial charge in [-0.25, -0.2) is 4.98 Å². The van der Waals surface area contributed by atoms with Crippen molar-refractivity contribution in [2.75, 3.05) is 0 Å². The SMILES string of the molecule is CCn1ccnc1/C=C(/C)C(C)=O. The number of hydrogen-bond donors (Lipinski definition) is 0. The first-order valence-corrected chi connectivity index (χ1v) is 4.35. The summed E-state index contributed by atoms with van der Waals surface area (Å²) in [5.41, 5.74) is 0.737. The summed E-state index contributed by atoms with van der Waals surface area (Å²) in [5.74, 6) is 0.931. The van der Waals surface area contributed by atoms with Crippen molar-refractivity contribution < 1.29 is 4.79 Å². The molecule has 0 bridgehead atoms. The lowest BCUT2D eigenvalue weighted by molar-refractivity contribution is -0.113. The lowest BCUT2D eigenvalue weighted by atomic mass is 10.2. The Labute approximate surface area is 78.1 Å². The highest BCUT2D eigenvalue weighted by molar-refractivity contribution is 5.96. The third-order valence-electron chi connectivity index (χ3n) is 1.99. The smallest absolute Gasteiger partial charge is 0.155 e. The number of aryl methyl sites for hydroxylation is 1. The van der Waals surface area contributed by atoms with Gasteiger partial charge in [0.05, 0.1) is 0 Å². The van der Waals surface area contributed by atoms with Crippen molar-refractivity contribution in [3.8, 4) is 0 Å². The van der Waals surface area contributed by atoms with Crippen LogP contribution in [0.5, 0.6) is 0 Å². The van der Waals surface area contributed by atoms with E-state index in [0.717, 1.165) is 17.9 Å². The molecular weight excluding hydrogens is 164 g/mol. The van der Waals surface area contributed by atoms with Crippen LogP contribution in [0.4, 0.5) is 0 Å². The van der Waals surface area contributed by atoms with Crippen molar-refractivity contribution in [3.63, 3.8) is 0 Å². The molecule has 3 nitrogen and oxygen atoms in total. The first kappa shape index (κ1) is 9.71. The molecular formula is C10H14N2O. The molecule has 0 aliphatic carbocycles. The molecule has 3 heteroatoms. The number of carbonyl (C=O) groups excluding carboxylic acids is 1. The summed E-state index contributed by atoms with van der Waals surface area (Å²) in [5, 5.41) is 0. The second-order valence-corrected chi connectivity index (χ2v) is 2.95. The number of nitrogens with zero attached hydrogens (tertiary/aromatic N) is 2. The Kier molecular flexibility index (Phi) is 3.01. The molecule has 1 rings (SSSR count). The van der Waals surface area contributed by atoms with E-state index in [9.17, 15) is 4.79 Å². The van der Waals surface area contributed by atoms with Crippen molar-refractivity contribution in [1.29, 1.82) is 0 Å². The minimum absolute atomic E-state index is 0.0886. The Morgan fingerprint density at radius 2 is 2.31 bits per heavy atom. The van der Waals surface area contributed by atoms with Crippen LogP contribution in [0, 0.1) is 0 Å². The van der Waals surface area contributed by atoms with Gasteiger partial charge in [-0.3, -0.25) is 4.79 Å². The molecule has 0 unspecified atom stereocenters. The van der Waals surface area contributed by atoms with Crippen molar-refractivity contribution in [2.24, 2.45) is 0 Å². The second kappa shape index (κ2) is 4.03. The van der Waals surface area contributed by atoms with Crippen LogP contribution in [0.1, 0.15) is 26.6 Å². The average molecular weight is 178 g/mol. The lowest BCUT2D eigenvalue weighted by Crippen LogP contribution is -1.98. The number of hydrogen-bond acceptors (Lipinski definition) is 2. The molecule has 0 fully saturated rings. The van der Waals surface area contributed by atoms with E-state index in [1.54, 1.807) is 20.0 Å². The largest absolute Gasteiger partial charge is 0.332 e. The number of ketones is 1. The van der Waals surface area contributed by atoms with Crippen molar-refractivity contribution in [2.45, 2.75) is 27.3 Å². The summed E-state index contributed by atoms with van der Waals surface area (Å²) in [7, 11) is 0. The minimum Gasteiger partial charge on any atom is -0.332 e. The molecule has 0 aliphatic heterocycles. The predicted molar refractivity (Wildman–Crippen MR) is 52.2 cm³/mol. The van der Waals surface area contributed by atoms with Crippen LogP contribution >= 0.6 is 0 Å². The molecule has 0 atom stereocenters. The first-order chi connectivity index (χ1) is 6.15. The van der Waals surface area contributed by atoms with Crippen LogP contribution in [-0.2, 0) is 11.3 Å². The molecule has 0 N–H and O–H groups in total. The van der Waals surface area contributed by atoms with Gasteiger partial charge in [0.1, 0.15) is 5.82 Å². The molecule has 0 spiro atoms. The van der Waals surface area contributed by atoms with Crippen LogP contribution in [0.2, 0.25) is 0 Å². The Morgan fingerprint density at radius 3 is 2.85 bits per heavy atom. The van der Waals surface area contributed by atoms with E-state index in [1.165, 1.54) is 0 Å². The van der Waals surface area contributed by atoms with Crippen molar-refractivity contribution in [3.05, 3.63) is 23.8 Å². The van der Waals surface area contributed by atoms with Gasteiger partial charge in [-0.05, 0) is 32.4 Å². The fraction of sp³-hybridized carbons (Fsp3) is 0.400. The zero-order valence-corrected chi connectivity index (χ0v) is 8.24. The van der Waals surface area contributed by atoms with Crippen LogP contribution in [0.25, 0.3) is 6.08 Å². The molecule has 1 aromatic heterocycles. The highest BCUT2D eigenvalue weighted by Crippen LogP contribution is 2.05. The fourth-order valence-electron chi connectivity index (χ4n) is 1.02. The molecule has 0 radical (unpaired) electrons. The number of allylic oxidation sites excluding steroid dienone is 1. The quantitative estimate of drug-likeness (QED) is 0.662. The zero-order valence-electron chi connectivity index (χ0n) is 8.24. The molecule has 1 aromatic rings. The Bertz CT molecular complexity index is 336. The number of rotatable bonds is 3. The standard InChI is InChI=1S/C10H14N2O/c1-4-12-6-5-11-10(12)7-8(2)9(3)13/h5-7H,4H2,1-3H3/b8-7-.